The summed E-state index contributed by atoms with van der Waals surface area (Å²) in [7, 11) is 1.74. The summed E-state index contributed by atoms with van der Waals surface area (Å²) in [6.45, 7) is 6.89. The minimum atomic E-state index is 0.608. The highest BCUT2D eigenvalue weighted by molar-refractivity contribution is 5.37. The van der Waals surface area contributed by atoms with E-state index >= 15 is 0 Å². The predicted molar refractivity (Wildman–Crippen MR) is 80.9 cm³/mol. The maximum Gasteiger partial charge on any atom is 0.119 e. The molecule has 1 aromatic carbocycles. The molecular formula is C17H27NO. The Kier molecular flexibility index (Phi) is 4.87. The van der Waals surface area contributed by atoms with Crippen molar-refractivity contribution in [2.45, 2.75) is 58.5 Å². The Labute approximate surface area is 117 Å². The van der Waals surface area contributed by atoms with Crippen LogP contribution in [-0.2, 0) is 12.8 Å². The van der Waals surface area contributed by atoms with E-state index in [9.17, 15) is 0 Å². The van der Waals surface area contributed by atoms with Gasteiger partial charge in [-0.3, -0.25) is 0 Å². The van der Waals surface area contributed by atoms with Crippen LogP contribution >= 0.6 is 0 Å². The number of rotatable bonds is 5. The third-order valence-corrected chi connectivity index (χ3v) is 3.99. The molecule has 19 heavy (non-hydrogen) atoms. The summed E-state index contributed by atoms with van der Waals surface area (Å²) in [6.07, 6.45) is 4.82. The van der Waals surface area contributed by atoms with Crippen LogP contribution in [0.25, 0.3) is 0 Å². The molecule has 2 heteroatoms. The Hall–Kier alpha value is -1.02. The Morgan fingerprint density at radius 1 is 1.26 bits per heavy atom. The summed E-state index contributed by atoms with van der Waals surface area (Å²) < 4.78 is 5.33. The smallest absolute Gasteiger partial charge is 0.119 e. The van der Waals surface area contributed by atoms with Crippen LogP contribution in [0.2, 0.25) is 0 Å². The Morgan fingerprint density at radius 3 is 2.74 bits per heavy atom. The fourth-order valence-electron chi connectivity index (χ4n) is 3.18. The molecule has 0 saturated heterocycles. The van der Waals surface area contributed by atoms with E-state index in [2.05, 4.69) is 44.3 Å². The van der Waals surface area contributed by atoms with Gasteiger partial charge in [-0.15, -0.1) is 0 Å². The van der Waals surface area contributed by atoms with Crippen LogP contribution in [0.15, 0.2) is 18.2 Å². The van der Waals surface area contributed by atoms with Gasteiger partial charge in [0.05, 0.1) is 7.11 Å². The van der Waals surface area contributed by atoms with Crippen LogP contribution in [0.1, 0.15) is 44.7 Å². The summed E-state index contributed by atoms with van der Waals surface area (Å²) in [4.78, 5) is 0. The summed E-state index contributed by atoms with van der Waals surface area (Å²) in [5.74, 6) is 1.74. The molecule has 0 fully saturated rings. The van der Waals surface area contributed by atoms with Crippen LogP contribution < -0.4 is 10.1 Å². The molecule has 0 aliphatic heterocycles. The topological polar surface area (TPSA) is 21.3 Å². The van der Waals surface area contributed by atoms with E-state index in [0.717, 1.165) is 18.1 Å². The number of aryl methyl sites for hydroxylation is 1. The van der Waals surface area contributed by atoms with Gasteiger partial charge >= 0.3 is 0 Å². The maximum atomic E-state index is 5.33. The standard InChI is InChI=1S/C17H27NO/c1-12(2)9-13(3)18-16-7-5-14-6-8-17(19-4)11-15(14)10-16/h6,8,11-13,16,18H,5,7,9-10H2,1-4H3. The molecule has 2 rings (SSSR count). The van der Waals surface area contributed by atoms with Crippen molar-refractivity contribution < 1.29 is 4.74 Å². The number of nitrogens with one attached hydrogen (secondary N) is 1. The van der Waals surface area contributed by atoms with Crippen LogP contribution in [0.5, 0.6) is 5.75 Å². The number of benzene rings is 1. The first-order chi connectivity index (χ1) is 9.08. The second-order valence-corrected chi connectivity index (χ2v) is 6.27. The molecule has 0 spiro atoms. The molecule has 0 aromatic heterocycles. The van der Waals surface area contributed by atoms with Crippen molar-refractivity contribution in [1.82, 2.24) is 5.32 Å². The van der Waals surface area contributed by atoms with Gasteiger partial charge in [0, 0.05) is 12.1 Å². The first-order valence-electron chi connectivity index (χ1n) is 7.50. The number of fused-ring (bicyclic) bond motifs is 1. The van der Waals surface area contributed by atoms with Crippen molar-refractivity contribution in [3.05, 3.63) is 29.3 Å². The molecule has 2 atom stereocenters. The largest absolute Gasteiger partial charge is 0.497 e. The quantitative estimate of drug-likeness (QED) is 0.875. The number of hydrogen-bond donors (Lipinski definition) is 1. The van der Waals surface area contributed by atoms with Crippen LogP contribution in [-0.4, -0.2) is 19.2 Å². The van der Waals surface area contributed by atoms with E-state index in [0.29, 0.717) is 12.1 Å². The van der Waals surface area contributed by atoms with Gasteiger partial charge in [-0.1, -0.05) is 19.9 Å². The zero-order valence-electron chi connectivity index (χ0n) is 12.7. The van der Waals surface area contributed by atoms with Gasteiger partial charge in [-0.2, -0.15) is 0 Å². The molecule has 0 saturated carbocycles. The van der Waals surface area contributed by atoms with E-state index in [-0.39, 0.29) is 0 Å². The minimum absolute atomic E-state index is 0.608. The summed E-state index contributed by atoms with van der Waals surface area (Å²) in [5.41, 5.74) is 2.95. The lowest BCUT2D eigenvalue weighted by molar-refractivity contribution is 0.364. The fourth-order valence-corrected chi connectivity index (χ4v) is 3.18. The van der Waals surface area contributed by atoms with Crippen molar-refractivity contribution in [1.29, 1.82) is 0 Å². The molecular weight excluding hydrogens is 234 g/mol. The molecule has 0 heterocycles. The van der Waals surface area contributed by atoms with Gasteiger partial charge in [0.2, 0.25) is 0 Å². The van der Waals surface area contributed by atoms with Crippen molar-refractivity contribution in [3.8, 4) is 5.75 Å². The average Bonchev–Trinajstić information content (AvgIpc) is 2.36. The summed E-state index contributed by atoms with van der Waals surface area (Å²) >= 11 is 0. The number of hydrogen-bond acceptors (Lipinski definition) is 2. The highest BCUT2D eigenvalue weighted by Crippen LogP contribution is 2.26. The van der Waals surface area contributed by atoms with Gasteiger partial charge < -0.3 is 10.1 Å². The van der Waals surface area contributed by atoms with Crippen molar-refractivity contribution in [2.75, 3.05) is 7.11 Å². The first-order valence-corrected chi connectivity index (χ1v) is 7.50. The molecule has 106 valence electrons. The van der Waals surface area contributed by atoms with Gasteiger partial charge in [-0.05, 0) is 61.8 Å². The predicted octanol–water partition coefficient (Wildman–Crippen LogP) is 3.58. The first kappa shape index (κ1) is 14.4. The van der Waals surface area contributed by atoms with Crippen molar-refractivity contribution in [2.24, 2.45) is 5.92 Å². The number of ether oxygens (including phenoxy) is 1. The van der Waals surface area contributed by atoms with Crippen LogP contribution in [0.3, 0.4) is 0 Å². The van der Waals surface area contributed by atoms with Gasteiger partial charge in [-0.25, -0.2) is 0 Å². The van der Waals surface area contributed by atoms with Gasteiger partial charge in [0.25, 0.3) is 0 Å². The van der Waals surface area contributed by atoms with Crippen molar-refractivity contribution in [3.63, 3.8) is 0 Å². The Morgan fingerprint density at radius 2 is 2.05 bits per heavy atom. The molecule has 0 amide bonds. The SMILES string of the molecule is COc1ccc2c(c1)CC(NC(C)CC(C)C)CC2. The molecule has 0 radical (unpaired) electrons. The normalized spacial score (nSPS) is 20.2. The van der Waals surface area contributed by atoms with E-state index in [1.165, 1.54) is 30.4 Å². The van der Waals surface area contributed by atoms with Gasteiger partial charge in [0.15, 0.2) is 0 Å². The molecule has 1 aliphatic rings. The summed E-state index contributed by atoms with van der Waals surface area (Å²) in [5, 5.41) is 3.79. The lowest BCUT2D eigenvalue weighted by Gasteiger charge is -2.29. The number of methoxy groups -OCH3 is 1. The lowest BCUT2D eigenvalue weighted by atomic mass is 9.87. The van der Waals surface area contributed by atoms with E-state index in [1.54, 1.807) is 7.11 Å². The highest BCUT2D eigenvalue weighted by atomic mass is 16.5. The van der Waals surface area contributed by atoms with E-state index < -0.39 is 0 Å². The average molecular weight is 261 g/mol. The minimum Gasteiger partial charge on any atom is -0.497 e. The van der Waals surface area contributed by atoms with Crippen molar-refractivity contribution >= 4 is 0 Å². The summed E-state index contributed by atoms with van der Waals surface area (Å²) in [6, 6.07) is 7.73. The molecule has 2 unspecified atom stereocenters. The third-order valence-electron chi connectivity index (χ3n) is 3.99. The second-order valence-electron chi connectivity index (χ2n) is 6.27. The Balaban J connectivity index is 1.97. The maximum absolute atomic E-state index is 5.33. The zero-order valence-corrected chi connectivity index (χ0v) is 12.7. The molecule has 1 aliphatic carbocycles. The van der Waals surface area contributed by atoms with E-state index in [1.807, 2.05) is 0 Å². The third kappa shape index (κ3) is 3.97. The van der Waals surface area contributed by atoms with Gasteiger partial charge in [0.1, 0.15) is 5.75 Å². The fraction of sp³-hybridized carbons (Fsp3) is 0.647. The van der Waals surface area contributed by atoms with Crippen LogP contribution in [0, 0.1) is 5.92 Å². The lowest BCUT2D eigenvalue weighted by Crippen LogP contribution is -2.40. The zero-order chi connectivity index (χ0) is 13.8. The molecule has 1 N–H and O–H groups in total. The van der Waals surface area contributed by atoms with E-state index in [4.69, 9.17) is 4.74 Å². The molecule has 2 nitrogen and oxygen atoms in total. The van der Waals surface area contributed by atoms with Crippen LogP contribution in [0.4, 0.5) is 0 Å². The highest BCUT2D eigenvalue weighted by Gasteiger charge is 2.20. The Bertz CT molecular complexity index is 414. The second kappa shape index (κ2) is 6.42. The molecule has 1 aromatic rings. The molecule has 0 bridgehead atoms. The monoisotopic (exact) mass is 261 g/mol.